The number of carbonyl (C=O) groups is 1. The van der Waals surface area contributed by atoms with Crippen molar-refractivity contribution in [1.29, 1.82) is 0 Å². The number of Topliss-reactive ketones (excluding diaryl/α,β-unsaturated/α-hetero) is 1. The summed E-state index contributed by atoms with van der Waals surface area (Å²) in [4.78, 5) is 11.1. The van der Waals surface area contributed by atoms with Crippen LogP contribution in [0.15, 0.2) is 0 Å². The molecule has 6 heteroatoms. The van der Waals surface area contributed by atoms with Crippen LogP contribution in [0, 0.1) is 0 Å². The van der Waals surface area contributed by atoms with E-state index >= 15 is 0 Å². The van der Waals surface area contributed by atoms with Crippen molar-refractivity contribution in [2.75, 3.05) is 20.3 Å². The molecule has 0 bridgehead atoms. The molecule has 0 unspecified atom stereocenters. The number of rotatable bonds is 7. The molecule has 0 saturated carbocycles. The number of ketones is 1. The molecule has 0 N–H and O–H groups in total. The fourth-order valence-corrected chi connectivity index (χ4v) is 0.895. The van der Waals surface area contributed by atoms with Crippen LogP contribution in [0.4, 0.5) is 13.2 Å². The van der Waals surface area contributed by atoms with Gasteiger partial charge < -0.3 is 9.47 Å². The number of hydrogen-bond acceptors (Lipinski definition) is 3. The zero-order chi connectivity index (χ0) is 12.8. The Bertz CT molecular complexity index is 224. The van der Waals surface area contributed by atoms with E-state index in [9.17, 15) is 18.0 Å². The summed E-state index contributed by atoms with van der Waals surface area (Å²) >= 11 is 0. The molecule has 3 nitrogen and oxygen atoms in total. The van der Waals surface area contributed by atoms with Gasteiger partial charge in [-0.1, -0.05) is 0 Å². The molecule has 0 amide bonds. The van der Waals surface area contributed by atoms with E-state index in [1.54, 1.807) is 13.8 Å². The highest BCUT2D eigenvalue weighted by molar-refractivity contribution is 5.79. The SMILES string of the molecule is COC(C)(C)CCC(=O)COCC(F)(F)F. The van der Waals surface area contributed by atoms with Crippen LogP contribution in [-0.4, -0.2) is 37.9 Å². The molecular formula is C10H17F3O3. The van der Waals surface area contributed by atoms with Gasteiger partial charge in [0.25, 0.3) is 0 Å². The highest BCUT2D eigenvalue weighted by Gasteiger charge is 2.28. The fraction of sp³-hybridized carbons (Fsp3) is 0.900. The van der Waals surface area contributed by atoms with E-state index in [0.717, 1.165) is 0 Å². The van der Waals surface area contributed by atoms with Crippen LogP contribution in [0.1, 0.15) is 26.7 Å². The summed E-state index contributed by atoms with van der Waals surface area (Å²) in [6.07, 6.45) is -3.78. The number of hydrogen-bond donors (Lipinski definition) is 0. The molecule has 16 heavy (non-hydrogen) atoms. The first-order chi connectivity index (χ1) is 7.16. The molecule has 0 aromatic carbocycles. The van der Waals surface area contributed by atoms with Gasteiger partial charge >= 0.3 is 6.18 Å². The predicted octanol–water partition coefficient (Wildman–Crippen LogP) is 2.34. The Morgan fingerprint density at radius 1 is 1.25 bits per heavy atom. The topological polar surface area (TPSA) is 35.5 Å². The van der Waals surface area contributed by atoms with Gasteiger partial charge in [-0.3, -0.25) is 4.79 Å². The van der Waals surface area contributed by atoms with Crippen LogP contribution in [0.5, 0.6) is 0 Å². The minimum Gasteiger partial charge on any atom is -0.379 e. The van der Waals surface area contributed by atoms with E-state index in [1.807, 2.05) is 0 Å². The van der Waals surface area contributed by atoms with Crippen LogP contribution in [-0.2, 0) is 14.3 Å². The van der Waals surface area contributed by atoms with E-state index in [1.165, 1.54) is 7.11 Å². The third-order valence-corrected chi connectivity index (χ3v) is 2.09. The molecule has 0 fully saturated rings. The van der Waals surface area contributed by atoms with E-state index in [2.05, 4.69) is 4.74 Å². The summed E-state index contributed by atoms with van der Waals surface area (Å²) in [5, 5.41) is 0. The molecule has 0 aromatic rings. The van der Waals surface area contributed by atoms with Crippen molar-refractivity contribution in [2.24, 2.45) is 0 Å². The lowest BCUT2D eigenvalue weighted by Crippen LogP contribution is -2.25. The van der Waals surface area contributed by atoms with E-state index in [0.29, 0.717) is 6.42 Å². The molecule has 96 valence electrons. The molecule has 0 aliphatic carbocycles. The average Bonchev–Trinajstić information content (AvgIpc) is 2.13. The van der Waals surface area contributed by atoms with Crippen molar-refractivity contribution in [3.8, 4) is 0 Å². The molecular weight excluding hydrogens is 225 g/mol. The molecule has 0 spiro atoms. The Labute approximate surface area is 92.9 Å². The number of ether oxygens (including phenoxy) is 2. The van der Waals surface area contributed by atoms with Gasteiger partial charge in [0.2, 0.25) is 0 Å². The van der Waals surface area contributed by atoms with Gasteiger partial charge in [-0.25, -0.2) is 0 Å². The normalized spacial score (nSPS) is 12.9. The van der Waals surface area contributed by atoms with Crippen molar-refractivity contribution >= 4 is 5.78 Å². The Kier molecular flexibility index (Phi) is 5.96. The van der Waals surface area contributed by atoms with Gasteiger partial charge in [0.05, 0.1) is 5.60 Å². The van der Waals surface area contributed by atoms with E-state index in [4.69, 9.17) is 4.74 Å². The van der Waals surface area contributed by atoms with Crippen molar-refractivity contribution in [3.63, 3.8) is 0 Å². The van der Waals surface area contributed by atoms with Crippen LogP contribution >= 0.6 is 0 Å². The zero-order valence-corrected chi connectivity index (χ0v) is 9.69. The second-order valence-electron chi connectivity index (χ2n) is 4.11. The van der Waals surface area contributed by atoms with Gasteiger partial charge in [-0.15, -0.1) is 0 Å². The zero-order valence-electron chi connectivity index (χ0n) is 9.69. The summed E-state index contributed by atoms with van der Waals surface area (Å²) in [6, 6.07) is 0. The van der Waals surface area contributed by atoms with Crippen LogP contribution < -0.4 is 0 Å². The number of carbonyl (C=O) groups excluding carboxylic acids is 1. The third-order valence-electron chi connectivity index (χ3n) is 2.09. The van der Waals surface area contributed by atoms with E-state index < -0.39 is 25.0 Å². The highest BCUT2D eigenvalue weighted by atomic mass is 19.4. The van der Waals surface area contributed by atoms with E-state index in [-0.39, 0.29) is 12.2 Å². The highest BCUT2D eigenvalue weighted by Crippen LogP contribution is 2.16. The monoisotopic (exact) mass is 242 g/mol. The third kappa shape index (κ3) is 8.67. The molecule has 0 aliphatic rings. The Morgan fingerprint density at radius 2 is 1.81 bits per heavy atom. The predicted molar refractivity (Wildman–Crippen MR) is 52.2 cm³/mol. The van der Waals surface area contributed by atoms with Gasteiger partial charge in [0, 0.05) is 13.5 Å². The first kappa shape index (κ1) is 15.4. The second-order valence-corrected chi connectivity index (χ2v) is 4.11. The maximum atomic E-state index is 11.7. The molecule has 0 atom stereocenters. The summed E-state index contributed by atoms with van der Waals surface area (Å²) in [5.74, 6) is -0.352. The summed E-state index contributed by atoms with van der Waals surface area (Å²) in [7, 11) is 1.52. The minimum atomic E-state index is -4.38. The van der Waals surface area contributed by atoms with Crippen LogP contribution in [0.25, 0.3) is 0 Å². The van der Waals surface area contributed by atoms with Crippen molar-refractivity contribution in [3.05, 3.63) is 0 Å². The molecule has 0 aliphatic heterocycles. The Balaban J connectivity index is 3.68. The van der Waals surface area contributed by atoms with Crippen LogP contribution in [0.2, 0.25) is 0 Å². The molecule has 0 rings (SSSR count). The number of alkyl halides is 3. The number of methoxy groups -OCH3 is 1. The maximum Gasteiger partial charge on any atom is 0.411 e. The smallest absolute Gasteiger partial charge is 0.379 e. The lowest BCUT2D eigenvalue weighted by molar-refractivity contribution is -0.175. The lowest BCUT2D eigenvalue weighted by Gasteiger charge is -2.22. The summed E-state index contributed by atoms with van der Waals surface area (Å²) in [5.41, 5.74) is -0.445. The van der Waals surface area contributed by atoms with Gasteiger partial charge in [-0.05, 0) is 20.3 Å². The first-order valence-corrected chi connectivity index (χ1v) is 4.88. The van der Waals surface area contributed by atoms with Gasteiger partial charge in [0.15, 0.2) is 5.78 Å². The fourth-order valence-electron chi connectivity index (χ4n) is 0.895. The Hall–Kier alpha value is -0.620. The first-order valence-electron chi connectivity index (χ1n) is 4.88. The maximum absolute atomic E-state index is 11.7. The minimum absolute atomic E-state index is 0.151. The summed E-state index contributed by atoms with van der Waals surface area (Å²) < 4.78 is 44.4. The standard InChI is InChI=1S/C10H17F3O3/c1-9(2,15-3)5-4-8(14)6-16-7-10(11,12)13/h4-7H2,1-3H3. The van der Waals surface area contributed by atoms with Gasteiger partial charge in [0.1, 0.15) is 13.2 Å². The Morgan fingerprint density at radius 3 is 2.25 bits per heavy atom. The molecule has 0 radical (unpaired) electrons. The van der Waals surface area contributed by atoms with Crippen molar-refractivity contribution in [2.45, 2.75) is 38.5 Å². The van der Waals surface area contributed by atoms with Crippen molar-refractivity contribution in [1.82, 2.24) is 0 Å². The largest absolute Gasteiger partial charge is 0.411 e. The molecule has 0 heterocycles. The second kappa shape index (κ2) is 6.20. The van der Waals surface area contributed by atoms with Gasteiger partial charge in [-0.2, -0.15) is 13.2 Å². The summed E-state index contributed by atoms with van der Waals surface area (Å²) in [6.45, 7) is 1.72. The quantitative estimate of drug-likeness (QED) is 0.687. The lowest BCUT2D eigenvalue weighted by atomic mass is 10.0. The van der Waals surface area contributed by atoms with Crippen LogP contribution in [0.3, 0.4) is 0 Å². The average molecular weight is 242 g/mol. The molecule has 0 aromatic heterocycles. The van der Waals surface area contributed by atoms with Crippen molar-refractivity contribution < 1.29 is 27.4 Å². The number of halogens is 3. The molecule has 0 saturated heterocycles.